The monoisotopic (exact) mass is 256 g/mol. The summed E-state index contributed by atoms with van der Waals surface area (Å²) in [6.07, 6.45) is 0.457. The van der Waals surface area contributed by atoms with Crippen LogP contribution in [0.15, 0.2) is 18.2 Å². The fourth-order valence-electron chi connectivity index (χ4n) is 2.62. The van der Waals surface area contributed by atoms with Crippen molar-refractivity contribution >= 4 is 17.4 Å². The highest BCUT2D eigenvalue weighted by atomic mass is 16.2. The summed E-state index contributed by atoms with van der Waals surface area (Å²) in [6.45, 7) is 1.99. The molecule has 0 spiro atoms. The Morgan fingerprint density at radius 3 is 2.68 bits per heavy atom. The van der Waals surface area contributed by atoms with E-state index in [1.54, 1.807) is 16.6 Å². The van der Waals surface area contributed by atoms with Gasteiger partial charge in [0, 0.05) is 31.0 Å². The van der Waals surface area contributed by atoms with E-state index in [-0.39, 0.29) is 5.91 Å². The zero-order valence-corrected chi connectivity index (χ0v) is 11.3. The molecular formula is C14H16N4O. The Morgan fingerprint density at radius 2 is 2.05 bits per heavy atom. The van der Waals surface area contributed by atoms with Gasteiger partial charge < -0.3 is 10.6 Å². The zero-order chi connectivity index (χ0) is 13.7. The molecule has 1 aliphatic heterocycles. The Labute approximate surface area is 111 Å². The van der Waals surface area contributed by atoms with Gasteiger partial charge in [-0.3, -0.25) is 9.48 Å². The highest BCUT2D eigenvalue weighted by Gasteiger charge is 2.24. The lowest BCUT2D eigenvalue weighted by molar-refractivity contribution is -0.117. The van der Waals surface area contributed by atoms with Gasteiger partial charge >= 0.3 is 0 Å². The van der Waals surface area contributed by atoms with Crippen molar-refractivity contribution in [3.05, 3.63) is 29.5 Å². The molecule has 0 saturated heterocycles. The quantitative estimate of drug-likeness (QED) is 0.841. The Kier molecular flexibility index (Phi) is 2.38. The van der Waals surface area contributed by atoms with Crippen molar-refractivity contribution < 1.29 is 4.79 Å². The number of carbonyl (C=O) groups excluding carboxylic acids is 1. The van der Waals surface area contributed by atoms with Crippen LogP contribution in [0.5, 0.6) is 0 Å². The molecule has 0 atom stereocenters. The molecule has 5 heteroatoms. The number of aryl methyl sites for hydroxylation is 1. The second kappa shape index (κ2) is 3.85. The summed E-state index contributed by atoms with van der Waals surface area (Å²) >= 11 is 0. The van der Waals surface area contributed by atoms with Gasteiger partial charge in [0.2, 0.25) is 5.91 Å². The lowest BCUT2D eigenvalue weighted by atomic mass is 10.0. The number of aromatic nitrogens is 2. The first kappa shape index (κ1) is 11.8. The van der Waals surface area contributed by atoms with Crippen LogP contribution in [0.3, 0.4) is 0 Å². The number of nitrogens with two attached hydrogens (primary N) is 1. The van der Waals surface area contributed by atoms with E-state index in [0.29, 0.717) is 12.2 Å². The summed E-state index contributed by atoms with van der Waals surface area (Å²) < 4.78 is 1.77. The number of hydrogen-bond donors (Lipinski definition) is 1. The number of nitrogens with zero attached hydrogens (tertiary/aromatic N) is 3. The largest absolute Gasteiger partial charge is 0.382 e. The van der Waals surface area contributed by atoms with Gasteiger partial charge in [0.15, 0.2) is 5.82 Å². The number of rotatable bonds is 1. The molecule has 0 saturated carbocycles. The zero-order valence-electron chi connectivity index (χ0n) is 11.3. The minimum Gasteiger partial charge on any atom is -0.382 e. The van der Waals surface area contributed by atoms with E-state index in [9.17, 15) is 4.79 Å². The van der Waals surface area contributed by atoms with Crippen molar-refractivity contribution in [2.75, 3.05) is 17.7 Å². The van der Waals surface area contributed by atoms with Crippen molar-refractivity contribution in [1.82, 2.24) is 9.78 Å². The Hall–Kier alpha value is -2.30. The highest BCUT2D eigenvalue weighted by Crippen LogP contribution is 2.35. The highest BCUT2D eigenvalue weighted by molar-refractivity contribution is 6.01. The summed E-state index contributed by atoms with van der Waals surface area (Å²) in [5.41, 5.74) is 11.0. The summed E-state index contributed by atoms with van der Waals surface area (Å²) in [5.74, 6) is 0.653. The number of fused-ring (bicyclic) bond motifs is 1. The molecule has 2 heterocycles. The standard InChI is InChI=1S/C14H16N4O/c1-8-13(14(15)16-18(8)3)9-4-5-11-10(6-9)7-12(19)17(11)2/h4-6H,7H2,1-3H3,(H2,15,16). The number of benzene rings is 1. The molecule has 0 radical (unpaired) electrons. The van der Waals surface area contributed by atoms with Gasteiger partial charge in [0.05, 0.1) is 6.42 Å². The first-order valence-electron chi connectivity index (χ1n) is 6.18. The number of carbonyl (C=O) groups is 1. The van der Waals surface area contributed by atoms with Crippen LogP contribution in [0, 0.1) is 6.92 Å². The SMILES string of the molecule is Cc1c(-c2ccc3c(c2)CC(=O)N3C)c(N)nn1C. The fourth-order valence-corrected chi connectivity index (χ4v) is 2.62. The van der Waals surface area contributed by atoms with E-state index in [4.69, 9.17) is 5.73 Å². The Morgan fingerprint density at radius 1 is 1.32 bits per heavy atom. The Bertz CT molecular complexity index is 687. The third kappa shape index (κ3) is 1.62. The van der Waals surface area contributed by atoms with E-state index in [0.717, 1.165) is 28.1 Å². The first-order valence-corrected chi connectivity index (χ1v) is 6.18. The molecule has 1 aromatic carbocycles. The Balaban J connectivity index is 2.14. The molecule has 1 amide bonds. The van der Waals surface area contributed by atoms with E-state index < -0.39 is 0 Å². The summed E-state index contributed by atoms with van der Waals surface area (Å²) in [6, 6.07) is 6.01. The molecule has 1 aromatic heterocycles. The molecule has 1 aliphatic rings. The summed E-state index contributed by atoms with van der Waals surface area (Å²) in [5, 5.41) is 4.23. The van der Waals surface area contributed by atoms with Crippen molar-refractivity contribution in [2.45, 2.75) is 13.3 Å². The third-order valence-corrected chi connectivity index (χ3v) is 3.81. The third-order valence-electron chi connectivity index (χ3n) is 3.81. The minimum atomic E-state index is 0.128. The van der Waals surface area contributed by atoms with E-state index in [1.807, 2.05) is 32.2 Å². The predicted octanol–water partition coefficient (Wildman–Crippen LogP) is 1.50. The molecular weight excluding hydrogens is 240 g/mol. The summed E-state index contributed by atoms with van der Waals surface area (Å²) in [4.78, 5) is 13.4. The van der Waals surface area contributed by atoms with Gasteiger partial charge in [-0.15, -0.1) is 0 Å². The van der Waals surface area contributed by atoms with Crippen molar-refractivity contribution in [1.29, 1.82) is 0 Å². The molecule has 19 heavy (non-hydrogen) atoms. The van der Waals surface area contributed by atoms with Crippen LogP contribution >= 0.6 is 0 Å². The normalized spacial score (nSPS) is 14.1. The lowest BCUT2D eigenvalue weighted by Crippen LogP contribution is -2.20. The second-order valence-electron chi connectivity index (χ2n) is 4.94. The smallest absolute Gasteiger partial charge is 0.231 e. The maximum atomic E-state index is 11.7. The van der Waals surface area contributed by atoms with Crippen molar-refractivity contribution in [2.24, 2.45) is 7.05 Å². The van der Waals surface area contributed by atoms with Gasteiger partial charge in [0.25, 0.3) is 0 Å². The van der Waals surface area contributed by atoms with E-state index in [1.165, 1.54) is 0 Å². The average Bonchev–Trinajstić information content (AvgIpc) is 2.78. The molecule has 2 aromatic rings. The second-order valence-corrected chi connectivity index (χ2v) is 4.94. The lowest BCUT2D eigenvalue weighted by Gasteiger charge is -2.10. The van der Waals surface area contributed by atoms with Gasteiger partial charge in [-0.2, -0.15) is 5.10 Å². The van der Waals surface area contributed by atoms with E-state index in [2.05, 4.69) is 5.10 Å². The molecule has 0 bridgehead atoms. The molecule has 0 unspecified atom stereocenters. The maximum Gasteiger partial charge on any atom is 0.231 e. The van der Waals surface area contributed by atoms with Crippen LogP contribution in [0.1, 0.15) is 11.3 Å². The molecule has 3 rings (SSSR count). The predicted molar refractivity (Wildman–Crippen MR) is 74.9 cm³/mol. The van der Waals surface area contributed by atoms with Gasteiger partial charge in [-0.05, 0) is 30.2 Å². The van der Waals surface area contributed by atoms with Crippen LogP contribution < -0.4 is 10.6 Å². The van der Waals surface area contributed by atoms with E-state index >= 15 is 0 Å². The molecule has 0 aliphatic carbocycles. The maximum absolute atomic E-state index is 11.7. The first-order chi connectivity index (χ1) is 8.99. The van der Waals surface area contributed by atoms with Crippen LogP contribution in [-0.2, 0) is 18.3 Å². The molecule has 2 N–H and O–H groups in total. The van der Waals surface area contributed by atoms with Gasteiger partial charge in [-0.1, -0.05) is 6.07 Å². The van der Waals surface area contributed by atoms with Crippen LogP contribution in [0.2, 0.25) is 0 Å². The molecule has 0 fully saturated rings. The van der Waals surface area contributed by atoms with Gasteiger partial charge in [0.1, 0.15) is 0 Å². The van der Waals surface area contributed by atoms with Crippen LogP contribution in [-0.4, -0.2) is 22.7 Å². The summed E-state index contributed by atoms with van der Waals surface area (Å²) in [7, 11) is 3.68. The van der Waals surface area contributed by atoms with Gasteiger partial charge in [-0.25, -0.2) is 0 Å². The molecule has 98 valence electrons. The van der Waals surface area contributed by atoms with Crippen LogP contribution in [0.25, 0.3) is 11.1 Å². The topological polar surface area (TPSA) is 64.2 Å². The number of anilines is 2. The number of amides is 1. The number of nitrogen functional groups attached to an aromatic ring is 1. The van der Waals surface area contributed by atoms with Crippen LogP contribution in [0.4, 0.5) is 11.5 Å². The fraction of sp³-hybridized carbons (Fsp3) is 0.286. The number of hydrogen-bond acceptors (Lipinski definition) is 3. The number of likely N-dealkylation sites (N-methyl/N-ethyl adjacent to an activating group) is 1. The molecule has 5 nitrogen and oxygen atoms in total. The average molecular weight is 256 g/mol. The minimum absolute atomic E-state index is 0.128. The van der Waals surface area contributed by atoms with Crippen molar-refractivity contribution in [3.63, 3.8) is 0 Å². The van der Waals surface area contributed by atoms with Crippen molar-refractivity contribution in [3.8, 4) is 11.1 Å².